The average molecular weight is 339 g/mol. The molecule has 0 radical (unpaired) electrons. The van der Waals surface area contributed by atoms with Gasteiger partial charge >= 0.3 is 0 Å². The first-order valence-electron chi connectivity index (χ1n) is 7.85. The summed E-state index contributed by atoms with van der Waals surface area (Å²) in [6.45, 7) is 11.2. The minimum absolute atomic E-state index is 0.000761. The van der Waals surface area contributed by atoms with Gasteiger partial charge in [-0.15, -0.1) is 0 Å². The predicted molar refractivity (Wildman–Crippen MR) is 94.7 cm³/mol. The highest BCUT2D eigenvalue weighted by molar-refractivity contribution is 6.31. The predicted octanol–water partition coefficient (Wildman–Crippen LogP) is 3.52. The lowest BCUT2D eigenvalue weighted by atomic mass is 9.94. The Labute approximate surface area is 144 Å². The van der Waals surface area contributed by atoms with Gasteiger partial charge in [-0.2, -0.15) is 0 Å². The molecule has 0 heterocycles. The molecule has 1 aromatic carbocycles. The summed E-state index contributed by atoms with van der Waals surface area (Å²) in [5.41, 5.74) is 6.01. The maximum Gasteiger partial charge on any atom is 0.240 e. The Morgan fingerprint density at radius 1 is 1.17 bits per heavy atom. The zero-order chi connectivity index (χ0) is 17.9. The van der Waals surface area contributed by atoms with E-state index in [4.69, 9.17) is 17.3 Å². The fraction of sp³-hybridized carbons (Fsp3) is 0.556. The molecule has 0 saturated heterocycles. The number of hydrogen-bond donors (Lipinski definition) is 1. The van der Waals surface area contributed by atoms with Crippen molar-refractivity contribution in [2.75, 3.05) is 0 Å². The Bertz CT molecular complexity index is 579. The van der Waals surface area contributed by atoms with Gasteiger partial charge in [0.25, 0.3) is 0 Å². The molecule has 1 amide bonds. The summed E-state index contributed by atoms with van der Waals surface area (Å²) >= 11 is 5.96. The monoisotopic (exact) mass is 338 g/mol. The molecule has 23 heavy (non-hydrogen) atoms. The van der Waals surface area contributed by atoms with Gasteiger partial charge in [-0.1, -0.05) is 37.6 Å². The third-order valence-corrected chi connectivity index (χ3v) is 4.07. The van der Waals surface area contributed by atoms with Gasteiger partial charge in [0.2, 0.25) is 5.91 Å². The number of nitrogens with two attached hydrogens (primary N) is 1. The highest BCUT2D eigenvalue weighted by Crippen LogP contribution is 2.23. The highest BCUT2D eigenvalue weighted by atomic mass is 35.5. The topological polar surface area (TPSA) is 63.4 Å². The molecule has 0 bridgehead atoms. The van der Waals surface area contributed by atoms with Crippen molar-refractivity contribution in [3.63, 3.8) is 0 Å². The number of rotatable bonds is 5. The van der Waals surface area contributed by atoms with Crippen molar-refractivity contribution >= 4 is 23.3 Å². The van der Waals surface area contributed by atoms with Crippen LogP contribution in [-0.4, -0.2) is 34.2 Å². The second kappa shape index (κ2) is 7.45. The number of amides is 1. The first-order chi connectivity index (χ1) is 10.5. The fourth-order valence-corrected chi connectivity index (χ4v) is 2.74. The molecule has 1 aromatic rings. The van der Waals surface area contributed by atoms with Gasteiger partial charge in [0.05, 0.1) is 12.1 Å². The van der Waals surface area contributed by atoms with Crippen molar-refractivity contribution in [3.05, 3.63) is 34.9 Å². The Hall–Kier alpha value is -1.39. The van der Waals surface area contributed by atoms with E-state index >= 15 is 0 Å². The zero-order valence-electron chi connectivity index (χ0n) is 14.8. The third-order valence-electron chi connectivity index (χ3n) is 3.84. The molecule has 0 fully saturated rings. The van der Waals surface area contributed by atoms with Crippen LogP contribution in [0, 0.1) is 5.92 Å². The first kappa shape index (κ1) is 19.7. The molecule has 0 saturated carbocycles. The standard InChI is InChI=1S/C18H27ClN2O2/c1-11(2)15(20)17(23)21(18(4,5)6)12(3)16(22)13-8-7-9-14(19)10-13/h7-12,15H,20H2,1-6H3. The SMILES string of the molecule is CC(C)C(N)C(=O)N(C(C)C(=O)c1cccc(Cl)c1)C(C)(C)C. The van der Waals surface area contributed by atoms with Crippen LogP contribution in [0.3, 0.4) is 0 Å². The minimum atomic E-state index is -0.635. The van der Waals surface area contributed by atoms with E-state index in [1.54, 1.807) is 36.1 Å². The molecule has 2 unspecified atom stereocenters. The summed E-state index contributed by atoms with van der Waals surface area (Å²) in [6, 6.07) is 5.51. The van der Waals surface area contributed by atoms with Gasteiger partial charge < -0.3 is 10.6 Å². The van der Waals surface area contributed by atoms with Gasteiger partial charge in [-0.05, 0) is 45.7 Å². The van der Waals surface area contributed by atoms with Crippen LogP contribution in [0.5, 0.6) is 0 Å². The average Bonchev–Trinajstić information content (AvgIpc) is 2.43. The van der Waals surface area contributed by atoms with Crippen LogP contribution in [0.25, 0.3) is 0 Å². The van der Waals surface area contributed by atoms with E-state index in [0.717, 1.165) is 0 Å². The molecule has 2 N–H and O–H groups in total. The summed E-state index contributed by atoms with van der Waals surface area (Å²) in [7, 11) is 0. The number of carbonyl (C=O) groups is 2. The second-order valence-corrected chi connectivity index (χ2v) is 7.64. The number of nitrogens with zero attached hydrogens (tertiary/aromatic N) is 1. The van der Waals surface area contributed by atoms with E-state index in [2.05, 4.69) is 0 Å². The number of halogens is 1. The summed E-state index contributed by atoms with van der Waals surface area (Å²) in [4.78, 5) is 27.2. The maximum atomic E-state index is 12.8. The van der Waals surface area contributed by atoms with E-state index in [9.17, 15) is 9.59 Å². The number of hydrogen-bond acceptors (Lipinski definition) is 3. The molecule has 0 aliphatic heterocycles. The molecule has 0 aliphatic carbocycles. The quantitative estimate of drug-likeness (QED) is 0.835. The Morgan fingerprint density at radius 2 is 1.74 bits per heavy atom. The van der Waals surface area contributed by atoms with Crippen molar-refractivity contribution in [1.82, 2.24) is 4.90 Å². The molecule has 5 heteroatoms. The number of ketones is 1. The van der Waals surface area contributed by atoms with Gasteiger partial charge in [0, 0.05) is 16.1 Å². The number of Topliss-reactive ketones (excluding diaryl/α,β-unsaturated/α-hetero) is 1. The smallest absolute Gasteiger partial charge is 0.240 e. The lowest BCUT2D eigenvalue weighted by Crippen LogP contribution is -2.59. The molecule has 0 aliphatic rings. The minimum Gasteiger partial charge on any atom is -0.326 e. The lowest BCUT2D eigenvalue weighted by molar-refractivity contribution is -0.140. The molecular weight excluding hydrogens is 312 g/mol. The Morgan fingerprint density at radius 3 is 2.17 bits per heavy atom. The van der Waals surface area contributed by atoms with Crippen molar-refractivity contribution < 1.29 is 9.59 Å². The molecule has 2 atom stereocenters. The van der Waals surface area contributed by atoms with E-state index < -0.39 is 17.6 Å². The van der Waals surface area contributed by atoms with Crippen molar-refractivity contribution in [2.45, 2.75) is 59.2 Å². The summed E-state index contributed by atoms with van der Waals surface area (Å²) in [5, 5.41) is 0.496. The molecule has 0 aromatic heterocycles. The van der Waals surface area contributed by atoms with Gasteiger partial charge in [0.15, 0.2) is 5.78 Å². The van der Waals surface area contributed by atoms with Gasteiger partial charge in [0.1, 0.15) is 0 Å². The lowest BCUT2D eigenvalue weighted by Gasteiger charge is -2.41. The largest absolute Gasteiger partial charge is 0.326 e. The third kappa shape index (κ3) is 4.79. The fourth-order valence-electron chi connectivity index (χ4n) is 2.55. The van der Waals surface area contributed by atoms with E-state index in [1.807, 2.05) is 34.6 Å². The Balaban J connectivity index is 3.17. The van der Waals surface area contributed by atoms with Crippen LogP contribution in [0.1, 0.15) is 51.9 Å². The normalized spacial score (nSPS) is 14.5. The van der Waals surface area contributed by atoms with E-state index in [-0.39, 0.29) is 17.6 Å². The van der Waals surface area contributed by atoms with Gasteiger partial charge in [-0.3, -0.25) is 9.59 Å². The zero-order valence-corrected chi connectivity index (χ0v) is 15.5. The van der Waals surface area contributed by atoms with Crippen LogP contribution in [0.2, 0.25) is 5.02 Å². The highest BCUT2D eigenvalue weighted by Gasteiger charge is 2.37. The summed E-state index contributed by atoms with van der Waals surface area (Å²) in [6.07, 6.45) is 0. The number of benzene rings is 1. The Kier molecular flexibility index (Phi) is 6.37. The summed E-state index contributed by atoms with van der Waals surface area (Å²) in [5.74, 6) is -0.358. The molecular formula is C18H27ClN2O2. The van der Waals surface area contributed by atoms with Crippen molar-refractivity contribution in [1.29, 1.82) is 0 Å². The van der Waals surface area contributed by atoms with Crippen molar-refractivity contribution in [3.8, 4) is 0 Å². The maximum absolute atomic E-state index is 12.8. The van der Waals surface area contributed by atoms with E-state index in [1.165, 1.54) is 0 Å². The molecule has 128 valence electrons. The second-order valence-electron chi connectivity index (χ2n) is 7.20. The van der Waals surface area contributed by atoms with Crippen LogP contribution < -0.4 is 5.73 Å². The first-order valence-corrected chi connectivity index (χ1v) is 8.23. The van der Waals surface area contributed by atoms with E-state index in [0.29, 0.717) is 10.6 Å². The van der Waals surface area contributed by atoms with Crippen molar-refractivity contribution in [2.24, 2.45) is 11.7 Å². The molecule has 1 rings (SSSR count). The van der Waals surface area contributed by atoms with Crippen LogP contribution >= 0.6 is 11.6 Å². The molecule has 0 spiro atoms. The van der Waals surface area contributed by atoms with Crippen LogP contribution in [-0.2, 0) is 4.79 Å². The van der Waals surface area contributed by atoms with Gasteiger partial charge in [-0.25, -0.2) is 0 Å². The molecule has 4 nitrogen and oxygen atoms in total. The number of carbonyl (C=O) groups excluding carboxylic acids is 2. The van der Waals surface area contributed by atoms with Crippen LogP contribution in [0.4, 0.5) is 0 Å². The van der Waals surface area contributed by atoms with Crippen LogP contribution in [0.15, 0.2) is 24.3 Å². The summed E-state index contributed by atoms with van der Waals surface area (Å²) < 4.78 is 0.